The van der Waals surface area contributed by atoms with Gasteiger partial charge < -0.3 is 5.32 Å². The first-order valence-electron chi connectivity index (χ1n) is 5.96. The Morgan fingerprint density at radius 1 is 1.17 bits per heavy atom. The van der Waals surface area contributed by atoms with E-state index in [9.17, 15) is 4.39 Å². The van der Waals surface area contributed by atoms with E-state index in [2.05, 4.69) is 16.4 Å². The number of nitrogens with one attached hydrogen (secondary N) is 1. The lowest BCUT2D eigenvalue weighted by Crippen LogP contribution is -2.19. The van der Waals surface area contributed by atoms with Gasteiger partial charge in [0, 0.05) is 12.4 Å². The van der Waals surface area contributed by atoms with Crippen LogP contribution in [-0.2, 0) is 0 Å². The summed E-state index contributed by atoms with van der Waals surface area (Å²) < 4.78 is 13.4. The molecule has 1 aromatic carbocycles. The molecule has 1 N–H and O–H groups in total. The molecule has 1 unspecified atom stereocenters. The van der Waals surface area contributed by atoms with Gasteiger partial charge in [-0.2, -0.15) is 0 Å². The van der Waals surface area contributed by atoms with Crippen LogP contribution in [0, 0.1) is 19.7 Å². The molecule has 0 spiro atoms. The molecule has 2 rings (SSSR count). The minimum atomic E-state index is -0.212. The maximum atomic E-state index is 13.4. The van der Waals surface area contributed by atoms with Crippen molar-refractivity contribution in [2.45, 2.75) is 19.9 Å². The predicted octanol–water partition coefficient (Wildman–Crippen LogP) is 3.15. The SMILES string of the molecule is CNC(c1cncc(C)c1)c1cc(F)ccc1C. The Morgan fingerprint density at radius 2 is 1.94 bits per heavy atom. The van der Waals surface area contributed by atoms with Gasteiger partial charge in [-0.15, -0.1) is 0 Å². The number of pyridine rings is 1. The van der Waals surface area contributed by atoms with Gasteiger partial charge in [-0.05, 0) is 55.3 Å². The van der Waals surface area contributed by atoms with Crippen molar-refractivity contribution in [2.24, 2.45) is 0 Å². The monoisotopic (exact) mass is 244 g/mol. The van der Waals surface area contributed by atoms with Crippen LogP contribution in [0.3, 0.4) is 0 Å². The summed E-state index contributed by atoms with van der Waals surface area (Å²) in [7, 11) is 1.87. The molecule has 3 heteroatoms. The Balaban J connectivity index is 2.48. The van der Waals surface area contributed by atoms with E-state index in [1.807, 2.05) is 33.3 Å². The van der Waals surface area contributed by atoms with E-state index in [1.165, 1.54) is 6.07 Å². The third-order valence-corrected chi connectivity index (χ3v) is 3.07. The van der Waals surface area contributed by atoms with Crippen LogP contribution in [0.4, 0.5) is 4.39 Å². The summed E-state index contributed by atoms with van der Waals surface area (Å²) >= 11 is 0. The molecule has 0 amide bonds. The Kier molecular flexibility index (Phi) is 3.72. The van der Waals surface area contributed by atoms with Crippen LogP contribution in [0.25, 0.3) is 0 Å². The van der Waals surface area contributed by atoms with Gasteiger partial charge in [-0.25, -0.2) is 4.39 Å². The largest absolute Gasteiger partial charge is 0.309 e. The fraction of sp³-hybridized carbons (Fsp3) is 0.267. The van der Waals surface area contributed by atoms with Gasteiger partial charge in [0.05, 0.1) is 6.04 Å². The number of benzene rings is 1. The van der Waals surface area contributed by atoms with Crippen LogP contribution in [0.1, 0.15) is 28.3 Å². The zero-order valence-corrected chi connectivity index (χ0v) is 10.9. The molecule has 1 atom stereocenters. The number of halogens is 1. The second kappa shape index (κ2) is 5.27. The van der Waals surface area contributed by atoms with Crippen molar-refractivity contribution in [1.82, 2.24) is 10.3 Å². The van der Waals surface area contributed by atoms with Gasteiger partial charge in [0.25, 0.3) is 0 Å². The fourth-order valence-corrected chi connectivity index (χ4v) is 2.16. The molecular weight excluding hydrogens is 227 g/mol. The summed E-state index contributed by atoms with van der Waals surface area (Å²) in [5.41, 5.74) is 4.16. The van der Waals surface area contributed by atoms with Crippen molar-refractivity contribution >= 4 is 0 Å². The zero-order valence-electron chi connectivity index (χ0n) is 10.9. The summed E-state index contributed by atoms with van der Waals surface area (Å²) in [6.07, 6.45) is 3.63. The first-order chi connectivity index (χ1) is 8.61. The van der Waals surface area contributed by atoms with Crippen molar-refractivity contribution < 1.29 is 4.39 Å². The molecule has 18 heavy (non-hydrogen) atoms. The molecular formula is C15H17FN2. The highest BCUT2D eigenvalue weighted by Crippen LogP contribution is 2.25. The Morgan fingerprint density at radius 3 is 2.61 bits per heavy atom. The second-order valence-corrected chi connectivity index (χ2v) is 4.52. The predicted molar refractivity (Wildman–Crippen MR) is 71.0 cm³/mol. The molecule has 1 aromatic heterocycles. The molecule has 1 heterocycles. The summed E-state index contributed by atoms with van der Waals surface area (Å²) in [5.74, 6) is -0.212. The highest BCUT2D eigenvalue weighted by Gasteiger charge is 2.15. The van der Waals surface area contributed by atoms with Crippen LogP contribution in [0.5, 0.6) is 0 Å². The molecule has 0 saturated carbocycles. The summed E-state index contributed by atoms with van der Waals surface area (Å²) in [5, 5.41) is 3.22. The van der Waals surface area contributed by atoms with Gasteiger partial charge in [0.1, 0.15) is 5.82 Å². The van der Waals surface area contributed by atoms with E-state index in [0.29, 0.717) is 0 Å². The molecule has 0 aliphatic heterocycles. The van der Waals surface area contributed by atoms with E-state index < -0.39 is 0 Å². The molecule has 0 bridgehead atoms. The Labute approximate surface area is 107 Å². The molecule has 0 radical (unpaired) electrons. The van der Waals surface area contributed by atoms with Crippen molar-refractivity contribution in [3.8, 4) is 0 Å². The maximum Gasteiger partial charge on any atom is 0.123 e. The van der Waals surface area contributed by atoms with E-state index in [0.717, 1.165) is 22.3 Å². The fourth-order valence-electron chi connectivity index (χ4n) is 2.16. The molecule has 0 aliphatic rings. The maximum absolute atomic E-state index is 13.4. The third kappa shape index (κ3) is 2.57. The average Bonchev–Trinajstić information content (AvgIpc) is 2.35. The van der Waals surface area contributed by atoms with Crippen LogP contribution >= 0.6 is 0 Å². The number of hydrogen-bond donors (Lipinski definition) is 1. The van der Waals surface area contributed by atoms with E-state index >= 15 is 0 Å². The van der Waals surface area contributed by atoms with Crippen molar-refractivity contribution in [1.29, 1.82) is 0 Å². The van der Waals surface area contributed by atoms with Crippen molar-refractivity contribution in [3.05, 3.63) is 64.7 Å². The smallest absolute Gasteiger partial charge is 0.123 e. The topological polar surface area (TPSA) is 24.9 Å². The third-order valence-electron chi connectivity index (χ3n) is 3.07. The average molecular weight is 244 g/mol. The summed E-state index contributed by atoms with van der Waals surface area (Å²) in [4.78, 5) is 4.20. The highest BCUT2D eigenvalue weighted by atomic mass is 19.1. The van der Waals surface area contributed by atoms with Gasteiger partial charge in [-0.3, -0.25) is 4.98 Å². The minimum absolute atomic E-state index is 0.0342. The number of aromatic nitrogens is 1. The standard InChI is InChI=1S/C15H17FN2/c1-10-6-12(9-18-8-10)15(17-3)14-7-13(16)5-4-11(14)2/h4-9,15,17H,1-3H3. The van der Waals surface area contributed by atoms with E-state index in [4.69, 9.17) is 0 Å². The highest BCUT2D eigenvalue weighted by molar-refractivity contribution is 5.37. The van der Waals surface area contributed by atoms with Gasteiger partial charge in [0.2, 0.25) is 0 Å². The molecule has 0 saturated heterocycles. The van der Waals surface area contributed by atoms with Crippen LogP contribution in [0.2, 0.25) is 0 Å². The van der Waals surface area contributed by atoms with Crippen LogP contribution < -0.4 is 5.32 Å². The molecule has 2 nitrogen and oxygen atoms in total. The quantitative estimate of drug-likeness (QED) is 0.897. The van der Waals surface area contributed by atoms with Crippen molar-refractivity contribution in [3.63, 3.8) is 0 Å². The summed E-state index contributed by atoms with van der Waals surface area (Å²) in [6.45, 7) is 3.99. The minimum Gasteiger partial charge on any atom is -0.309 e. The number of hydrogen-bond acceptors (Lipinski definition) is 2. The van der Waals surface area contributed by atoms with Gasteiger partial charge in [-0.1, -0.05) is 12.1 Å². The second-order valence-electron chi connectivity index (χ2n) is 4.52. The number of nitrogens with zero attached hydrogens (tertiary/aromatic N) is 1. The molecule has 2 aromatic rings. The molecule has 94 valence electrons. The Hall–Kier alpha value is -1.74. The number of aryl methyl sites for hydroxylation is 2. The lowest BCUT2D eigenvalue weighted by Gasteiger charge is -2.19. The van der Waals surface area contributed by atoms with Crippen molar-refractivity contribution in [2.75, 3.05) is 7.05 Å². The first-order valence-corrected chi connectivity index (χ1v) is 5.96. The van der Waals surface area contributed by atoms with Crippen LogP contribution in [-0.4, -0.2) is 12.0 Å². The van der Waals surface area contributed by atoms with Crippen LogP contribution in [0.15, 0.2) is 36.7 Å². The van der Waals surface area contributed by atoms with Gasteiger partial charge >= 0.3 is 0 Å². The lowest BCUT2D eigenvalue weighted by atomic mass is 9.95. The van der Waals surface area contributed by atoms with Gasteiger partial charge in [0.15, 0.2) is 0 Å². The zero-order chi connectivity index (χ0) is 13.1. The Bertz CT molecular complexity index is 552. The summed E-state index contributed by atoms with van der Waals surface area (Å²) in [6, 6.07) is 6.91. The first kappa shape index (κ1) is 12.7. The van der Waals surface area contributed by atoms with E-state index in [1.54, 1.807) is 12.1 Å². The normalized spacial score (nSPS) is 12.4. The van der Waals surface area contributed by atoms with E-state index in [-0.39, 0.29) is 11.9 Å². The number of rotatable bonds is 3. The molecule has 0 fully saturated rings. The lowest BCUT2D eigenvalue weighted by molar-refractivity contribution is 0.614. The molecule has 0 aliphatic carbocycles.